The monoisotopic (exact) mass is 409 g/mol. The second kappa shape index (κ2) is 7.53. The number of non-ortho nitro benzene ring substituents is 1. The van der Waals surface area contributed by atoms with E-state index in [0.29, 0.717) is 6.54 Å². The number of benzene rings is 3. The van der Waals surface area contributed by atoms with Crippen LogP contribution >= 0.6 is 0 Å². The van der Waals surface area contributed by atoms with Crippen LogP contribution in [0.2, 0.25) is 0 Å². The van der Waals surface area contributed by atoms with E-state index in [2.05, 4.69) is 50.2 Å². The minimum atomic E-state index is -0.382. The van der Waals surface area contributed by atoms with E-state index in [4.69, 9.17) is 0 Å². The molecule has 152 valence electrons. The molecule has 5 rings (SSSR count). The highest BCUT2D eigenvalue weighted by Crippen LogP contribution is 2.32. The molecule has 3 aromatic carbocycles. The second-order valence-corrected chi connectivity index (χ2v) is 7.43. The summed E-state index contributed by atoms with van der Waals surface area (Å²) in [6.07, 6.45) is 5.42. The highest BCUT2D eigenvalue weighted by molar-refractivity contribution is 5.97. The number of hydrogen-bond acceptors (Lipinski definition) is 5. The third-order valence-electron chi connectivity index (χ3n) is 5.39. The highest BCUT2D eigenvalue weighted by Gasteiger charge is 2.11. The van der Waals surface area contributed by atoms with Crippen molar-refractivity contribution in [2.75, 3.05) is 5.32 Å². The number of fused-ring (bicyclic) bond motifs is 2. The summed E-state index contributed by atoms with van der Waals surface area (Å²) in [7, 11) is 2.03. The lowest BCUT2D eigenvalue weighted by molar-refractivity contribution is -0.384. The molecule has 1 N–H and O–H groups in total. The van der Waals surface area contributed by atoms with Gasteiger partial charge in [0.15, 0.2) is 0 Å². The predicted octanol–water partition coefficient (Wildman–Crippen LogP) is 5.31. The van der Waals surface area contributed by atoms with E-state index >= 15 is 0 Å². The maximum atomic E-state index is 11.0. The SMILES string of the molecule is Cn1ccc2ccc(-c3cc(NCc4cccc([N+](=O)[O-])c4)cc4nccnc34)cc21. The van der Waals surface area contributed by atoms with Crippen molar-refractivity contribution in [2.24, 2.45) is 7.05 Å². The van der Waals surface area contributed by atoms with E-state index in [9.17, 15) is 10.1 Å². The van der Waals surface area contributed by atoms with Gasteiger partial charge in [0.2, 0.25) is 0 Å². The summed E-state index contributed by atoms with van der Waals surface area (Å²) in [5.74, 6) is 0. The molecular formula is C24H19N5O2. The van der Waals surface area contributed by atoms with Gasteiger partial charge in [0, 0.05) is 61.1 Å². The third-order valence-corrected chi connectivity index (χ3v) is 5.39. The van der Waals surface area contributed by atoms with Crippen molar-refractivity contribution in [2.45, 2.75) is 6.54 Å². The smallest absolute Gasteiger partial charge is 0.269 e. The van der Waals surface area contributed by atoms with Crippen LogP contribution in [0.1, 0.15) is 5.56 Å². The first-order chi connectivity index (χ1) is 15.1. The van der Waals surface area contributed by atoms with E-state index in [0.717, 1.165) is 38.9 Å². The second-order valence-electron chi connectivity index (χ2n) is 7.43. The molecule has 7 nitrogen and oxygen atoms in total. The van der Waals surface area contributed by atoms with Crippen LogP contribution in [0.4, 0.5) is 11.4 Å². The molecule has 0 aliphatic carbocycles. The zero-order valence-corrected chi connectivity index (χ0v) is 16.8. The number of rotatable bonds is 5. The molecule has 31 heavy (non-hydrogen) atoms. The third kappa shape index (κ3) is 3.57. The van der Waals surface area contributed by atoms with Crippen LogP contribution in [0.15, 0.2) is 79.3 Å². The summed E-state index contributed by atoms with van der Waals surface area (Å²) < 4.78 is 2.09. The summed E-state index contributed by atoms with van der Waals surface area (Å²) in [5, 5.41) is 15.6. The van der Waals surface area contributed by atoms with Crippen LogP contribution in [0.5, 0.6) is 0 Å². The van der Waals surface area contributed by atoms with Gasteiger partial charge < -0.3 is 9.88 Å². The largest absolute Gasteiger partial charge is 0.381 e. The van der Waals surface area contributed by atoms with Crippen LogP contribution in [0, 0.1) is 10.1 Å². The Morgan fingerprint density at radius 1 is 1.03 bits per heavy atom. The van der Waals surface area contributed by atoms with Crippen molar-refractivity contribution in [3.63, 3.8) is 0 Å². The molecular weight excluding hydrogens is 390 g/mol. The van der Waals surface area contributed by atoms with Crippen LogP contribution in [-0.2, 0) is 13.6 Å². The van der Waals surface area contributed by atoms with Gasteiger partial charge >= 0.3 is 0 Å². The van der Waals surface area contributed by atoms with Gasteiger partial charge in [-0.3, -0.25) is 20.1 Å². The highest BCUT2D eigenvalue weighted by atomic mass is 16.6. The number of hydrogen-bond donors (Lipinski definition) is 1. The molecule has 0 bridgehead atoms. The summed E-state index contributed by atoms with van der Waals surface area (Å²) >= 11 is 0. The summed E-state index contributed by atoms with van der Waals surface area (Å²) in [6.45, 7) is 0.462. The van der Waals surface area contributed by atoms with E-state index in [1.165, 1.54) is 11.5 Å². The van der Waals surface area contributed by atoms with Gasteiger partial charge in [-0.15, -0.1) is 0 Å². The summed E-state index contributed by atoms with van der Waals surface area (Å²) in [4.78, 5) is 19.7. The van der Waals surface area contributed by atoms with E-state index in [1.807, 2.05) is 25.4 Å². The molecule has 5 aromatic rings. The first-order valence-electron chi connectivity index (χ1n) is 9.86. The molecule has 0 saturated carbocycles. The van der Waals surface area contributed by atoms with Gasteiger partial charge in [-0.1, -0.05) is 24.3 Å². The normalized spacial score (nSPS) is 11.1. The van der Waals surface area contributed by atoms with Crippen LogP contribution < -0.4 is 5.32 Å². The maximum Gasteiger partial charge on any atom is 0.269 e. The topological polar surface area (TPSA) is 85.9 Å². The Bertz CT molecular complexity index is 1440. The molecule has 0 aliphatic heterocycles. The van der Waals surface area contributed by atoms with Crippen molar-refractivity contribution in [3.05, 3.63) is 94.9 Å². The Hall–Kier alpha value is -4.26. The molecule has 0 saturated heterocycles. The van der Waals surface area contributed by atoms with Crippen molar-refractivity contribution in [1.82, 2.24) is 14.5 Å². The fourth-order valence-electron chi connectivity index (χ4n) is 3.81. The number of nitrogens with one attached hydrogen (secondary N) is 1. The lowest BCUT2D eigenvalue weighted by Crippen LogP contribution is -2.01. The molecule has 0 unspecified atom stereocenters. The number of anilines is 1. The zero-order chi connectivity index (χ0) is 21.4. The fourth-order valence-corrected chi connectivity index (χ4v) is 3.81. The Morgan fingerprint density at radius 2 is 1.90 bits per heavy atom. The average Bonchev–Trinajstić information content (AvgIpc) is 3.17. The minimum absolute atomic E-state index is 0.0836. The first-order valence-corrected chi connectivity index (χ1v) is 9.86. The van der Waals surface area contributed by atoms with Gasteiger partial charge in [0.05, 0.1) is 16.0 Å². The molecule has 0 spiro atoms. The Labute approximate surface area is 178 Å². The predicted molar refractivity (Wildman–Crippen MR) is 122 cm³/mol. The molecule has 0 atom stereocenters. The average molecular weight is 409 g/mol. The maximum absolute atomic E-state index is 11.0. The molecule has 0 radical (unpaired) electrons. The first kappa shape index (κ1) is 18.7. The number of aromatic nitrogens is 3. The lowest BCUT2D eigenvalue weighted by Gasteiger charge is -2.12. The summed E-state index contributed by atoms with van der Waals surface area (Å²) in [6, 6.07) is 19.1. The van der Waals surface area contributed by atoms with Gasteiger partial charge in [-0.2, -0.15) is 0 Å². The molecule has 0 aliphatic rings. The standard InChI is InChI=1S/C24H19N5O2/c1-28-10-7-17-5-6-18(12-23(17)28)21-13-19(14-22-24(21)26-9-8-25-22)27-15-16-3-2-4-20(11-16)29(30)31/h2-14,27H,15H2,1H3. The number of nitro benzene ring substituents is 1. The molecule has 0 fully saturated rings. The van der Waals surface area contributed by atoms with Crippen molar-refractivity contribution in [3.8, 4) is 11.1 Å². The van der Waals surface area contributed by atoms with Crippen LogP contribution in [0.25, 0.3) is 33.1 Å². The van der Waals surface area contributed by atoms with Gasteiger partial charge in [-0.05, 0) is 40.8 Å². The Morgan fingerprint density at radius 3 is 2.77 bits per heavy atom. The Balaban J connectivity index is 1.55. The van der Waals surface area contributed by atoms with Gasteiger partial charge in [-0.25, -0.2) is 0 Å². The molecule has 2 aromatic heterocycles. The number of nitrogens with zero attached hydrogens (tertiary/aromatic N) is 4. The van der Waals surface area contributed by atoms with E-state index < -0.39 is 0 Å². The van der Waals surface area contributed by atoms with Crippen molar-refractivity contribution >= 4 is 33.3 Å². The van der Waals surface area contributed by atoms with Gasteiger partial charge in [0.25, 0.3) is 5.69 Å². The Kier molecular flexibility index (Phi) is 4.55. The fraction of sp³-hybridized carbons (Fsp3) is 0.0833. The molecule has 0 amide bonds. The summed E-state index contributed by atoms with van der Waals surface area (Å²) in [5.41, 5.74) is 6.59. The zero-order valence-electron chi connectivity index (χ0n) is 16.8. The van der Waals surface area contributed by atoms with Crippen LogP contribution in [-0.4, -0.2) is 19.5 Å². The number of aryl methyl sites for hydroxylation is 1. The lowest BCUT2D eigenvalue weighted by atomic mass is 10.0. The van der Waals surface area contributed by atoms with E-state index in [-0.39, 0.29) is 10.6 Å². The molecule has 2 heterocycles. The molecule has 7 heteroatoms. The van der Waals surface area contributed by atoms with Gasteiger partial charge in [0.1, 0.15) is 0 Å². The minimum Gasteiger partial charge on any atom is -0.381 e. The van der Waals surface area contributed by atoms with Crippen molar-refractivity contribution in [1.29, 1.82) is 0 Å². The van der Waals surface area contributed by atoms with Crippen LogP contribution in [0.3, 0.4) is 0 Å². The number of nitro groups is 1. The van der Waals surface area contributed by atoms with Crippen molar-refractivity contribution < 1.29 is 4.92 Å². The quantitative estimate of drug-likeness (QED) is 0.314. The van der Waals surface area contributed by atoms with E-state index in [1.54, 1.807) is 24.5 Å².